The second-order valence-corrected chi connectivity index (χ2v) is 5.63. The Balaban J connectivity index is 2.04. The molecule has 0 aliphatic carbocycles. The van der Waals surface area contributed by atoms with E-state index < -0.39 is 0 Å². The van der Waals surface area contributed by atoms with E-state index in [1.807, 2.05) is 12.1 Å². The number of rotatable bonds is 0. The van der Waals surface area contributed by atoms with Gasteiger partial charge in [-0.2, -0.15) is 0 Å². The predicted molar refractivity (Wildman–Crippen MR) is 71.1 cm³/mol. The van der Waals surface area contributed by atoms with Crippen LogP contribution in [-0.4, -0.2) is 18.8 Å². The Labute approximate surface area is 110 Å². The molecule has 0 amide bonds. The highest BCUT2D eigenvalue weighted by atomic mass is 79.9. The molecular formula is C14H15BrO2. The van der Waals surface area contributed by atoms with E-state index in [0.717, 1.165) is 34.4 Å². The Kier molecular flexibility index (Phi) is 2.75. The van der Waals surface area contributed by atoms with Crippen molar-refractivity contribution in [2.75, 3.05) is 6.61 Å². The Morgan fingerprint density at radius 3 is 3.06 bits per heavy atom. The van der Waals surface area contributed by atoms with Crippen LogP contribution < -0.4 is 4.74 Å². The number of benzene rings is 1. The van der Waals surface area contributed by atoms with Crippen molar-refractivity contribution in [2.45, 2.75) is 25.6 Å². The lowest BCUT2D eigenvalue weighted by Crippen LogP contribution is -2.44. The van der Waals surface area contributed by atoms with Crippen molar-refractivity contribution < 1.29 is 9.47 Å². The third-order valence-corrected chi connectivity index (χ3v) is 4.15. The number of hydrogen-bond donors (Lipinski definition) is 0. The maximum atomic E-state index is 6.07. The van der Waals surface area contributed by atoms with Gasteiger partial charge in [0.25, 0.3) is 0 Å². The molecule has 0 N–H and O–H groups in total. The van der Waals surface area contributed by atoms with Gasteiger partial charge in [-0.1, -0.05) is 22.5 Å². The highest BCUT2D eigenvalue weighted by Crippen LogP contribution is 2.44. The van der Waals surface area contributed by atoms with E-state index in [0.29, 0.717) is 0 Å². The summed E-state index contributed by atoms with van der Waals surface area (Å²) in [6.45, 7) is 7.14. The van der Waals surface area contributed by atoms with Gasteiger partial charge in [0.15, 0.2) is 0 Å². The summed E-state index contributed by atoms with van der Waals surface area (Å²) in [5.74, 6) is 1.24. The molecule has 3 heteroatoms. The van der Waals surface area contributed by atoms with Crippen LogP contribution in [0.2, 0.25) is 0 Å². The van der Waals surface area contributed by atoms with Gasteiger partial charge in [-0.15, -0.1) is 0 Å². The lowest BCUT2D eigenvalue weighted by atomic mass is 9.80. The fourth-order valence-electron chi connectivity index (χ4n) is 2.79. The molecule has 3 rings (SSSR count). The van der Waals surface area contributed by atoms with Crippen LogP contribution in [0, 0.1) is 5.92 Å². The van der Waals surface area contributed by atoms with Crippen molar-refractivity contribution in [3.05, 3.63) is 34.8 Å². The summed E-state index contributed by atoms with van der Waals surface area (Å²) >= 11 is 3.49. The first-order valence-corrected chi connectivity index (χ1v) is 6.73. The normalized spacial score (nSPS) is 31.4. The predicted octanol–water partition coefficient (Wildman–Crippen LogP) is 3.65. The molecule has 0 saturated carbocycles. The quantitative estimate of drug-likeness (QED) is 0.727. The first kappa shape index (κ1) is 11.3. The van der Waals surface area contributed by atoms with Gasteiger partial charge < -0.3 is 9.47 Å². The minimum absolute atomic E-state index is 0.188. The van der Waals surface area contributed by atoms with Crippen LogP contribution in [0.1, 0.15) is 18.9 Å². The zero-order valence-electron chi connectivity index (χ0n) is 9.78. The number of hydrogen-bond acceptors (Lipinski definition) is 2. The van der Waals surface area contributed by atoms with Crippen LogP contribution in [-0.2, 0) is 4.74 Å². The molecule has 2 nitrogen and oxygen atoms in total. The molecule has 2 aliphatic heterocycles. The number of ether oxygens (including phenoxy) is 2. The second-order valence-electron chi connectivity index (χ2n) is 4.71. The van der Waals surface area contributed by atoms with E-state index in [1.165, 1.54) is 0 Å². The smallest absolute Gasteiger partial charge is 0.127 e. The Hall–Kier alpha value is -0.800. The fourth-order valence-corrected chi connectivity index (χ4v) is 3.16. The molecule has 0 bridgehead atoms. The molecule has 1 fully saturated rings. The summed E-state index contributed by atoms with van der Waals surface area (Å²) < 4.78 is 12.8. The average Bonchev–Trinajstić information content (AvgIpc) is 2.30. The van der Waals surface area contributed by atoms with Crippen molar-refractivity contribution in [2.24, 2.45) is 5.92 Å². The fraction of sp³-hybridized carbons (Fsp3) is 0.429. The van der Waals surface area contributed by atoms with Crippen molar-refractivity contribution in [3.63, 3.8) is 0 Å². The summed E-state index contributed by atoms with van der Waals surface area (Å²) in [6, 6.07) is 6.10. The van der Waals surface area contributed by atoms with Gasteiger partial charge in [0.2, 0.25) is 0 Å². The van der Waals surface area contributed by atoms with Crippen LogP contribution in [0.4, 0.5) is 0 Å². The van der Waals surface area contributed by atoms with E-state index in [9.17, 15) is 0 Å². The first-order chi connectivity index (χ1) is 8.16. The maximum Gasteiger partial charge on any atom is 0.127 e. The summed E-state index contributed by atoms with van der Waals surface area (Å²) in [7, 11) is 0. The number of fused-ring (bicyclic) bond motifs is 2. The van der Waals surface area contributed by atoms with Crippen LogP contribution >= 0.6 is 15.9 Å². The van der Waals surface area contributed by atoms with Gasteiger partial charge in [-0.25, -0.2) is 0 Å². The van der Waals surface area contributed by atoms with Crippen LogP contribution in [0.15, 0.2) is 29.3 Å². The zero-order chi connectivity index (χ0) is 12.0. The number of halogens is 1. The van der Waals surface area contributed by atoms with E-state index in [-0.39, 0.29) is 18.1 Å². The van der Waals surface area contributed by atoms with Crippen molar-refractivity contribution in [1.29, 1.82) is 0 Å². The SMILES string of the molecule is C=C1c2cc(Br)ccc2OC2CCO[C@@H](C)[C@H]12. The summed E-state index contributed by atoms with van der Waals surface area (Å²) in [5.41, 5.74) is 2.25. The molecular weight excluding hydrogens is 280 g/mol. The maximum absolute atomic E-state index is 6.07. The molecule has 1 aromatic rings. The molecule has 0 radical (unpaired) electrons. The first-order valence-electron chi connectivity index (χ1n) is 5.94. The average molecular weight is 295 g/mol. The summed E-state index contributed by atoms with van der Waals surface area (Å²) in [6.07, 6.45) is 1.36. The minimum Gasteiger partial charge on any atom is -0.489 e. The van der Waals surface area contributed by atoms with Gasteiger partial charge in [0.1, 0.15) is 11.9 Å². The lowest BCUT2D eigenvalue weighted by molar-refractivity contribution is -0.0569. The van der Waals surface area contributed by atoms with Crippen LogP contribution in [0.5, 0.6) is 5.75 Å². The van der Waals surface area contributed by atoms with Gasteiger partial charge in [-0.3, -0.25) is 0 Å². The third-order valence-electron chi connectivity index (χ3n) is 3.66. The van der Waals surface area contributed by atoms with E-state index in [1.54, 1.807) is 0 Å². The van der Waals surface area contributed by atoms with E-state index >= 15 is 0 Å². The Morgan fingerprint density at radius 2 is 2.24 bits per heavy atom. The van der Waals surface area contributed by atoms with E-state index in [2.05, 4.69) is 35.5 Å². The topological polar surface area (TPSA) is 18.5 Å². The Morgan fingerprint density at radius 1 is 1.41 bits per heavy atom. The van der Waals surface area contributed by atoms with Crippen molar-refractivity contribution in [1.82, 2.24) is 0 Å². The summed E-state index contributed by atoms with van der Waals surface area (Å²) in [4.78, 5) is 0. The van der Waals surface area contributed by atoms with Crippen molar-refractivity contribution >= 4 is 21.5 Å². The van der Waals surface area contributed by atoms with Gasteiger partial charge in [0.05, 0.1) is 12.7 Å². The monoisotopic (exact) mass is 294 g/mol. The molecule has 1 aromatic carbocycles. The molecule has 17 heavy (non-hydrogen) atoms. The van der Waals surface area contributed by atoms with Crippen LogP contribution in [0.3, 0.4) is 0 Å². The summed E-state index contributed by atoms with van der Waals surface area (Å²) in [5, 5.41) is 0. The van der Waals surface area contributed by atoms with Gasteiger partial charge in [0, 0.05) is 22.4 Å². The largest absolute Gasteiger partial charge is 0.489 e. The molecule has 0 spiro atoms. The van der Waals surface area contributed by atoms with Crippen LogP contribution in [0.25, 0.3) is 5.57 Å². The highest BCUT2D eigenvalue weighted by Gasteiger charge is 2.39. The molecule has 2 heterocycles. The molecule has 2 aliphatic rings. The third kappa shape index (κ3) is 1.81. The lowest BCUT2D eigenvalue weighted by Gasteiger charge is -2.41. The molecule has 0 aromatic heterocycles. The molecule has 3 atom stereocenters. The Bertz CT molecular complexity index is 469. The van der Waals surface area contributed by atoms with E-state index in [4.69, 9.17) is 9.47 Å². The van der Waals surface area contributed by atoms with Gasteiger partial charge >= 0.3 is 0 Å². The standard InChI is InChI=1S/C14H15BrO2/c1-8-11-7-10(15)3-4-12(11)17-13-5-6-16-9(2)14(8)13/h3-4,7,9,13-14H,1,5-6H2,2H3/t9-,13?,14-/m0/s1. The zero-order valence-corrected chi connectivity index (χ0v) is 11.4. The molecule has 1 unspecified atom stereocenters. The second kappa shape index (κ2) is 4.14. The molecule has 1 saturated heterocycles. The van der Waals surface area contributed by atoms with Gasteiger partial charge in [-0.05, 0) is 30.7 Å². The highest BCUT2D eigenvalue weighted by molar-refractivity contribution is 9.10. The van der Waals surface area contributed by atoms with Crippen molar-refractivity contribution in [3.8, 4) is 5.75 Å². The minimum atomic E-state index is 0.188. The molecule has 90 valence electrons.